The lowest BCUT2D eigenvalue weighted by molar-refractivity contribution is 0.467. The zero-order valence-electron chi connectivity index (χ0n) is 9.10. The minimum atomic E-state index is -0.448. The molecule has 0 spiro atoms. The monoisotopic (exact) mass is 223 g/mol. The van der Waals surface area contributed by atoms with E-state index in [1.807, 2.05) is 0 Å². The molecule has 16 heavy (non-hydrogen) atoms. The van der Waals surface area contributed by atoms with Crippen LogP contribution in [0.15, 0.2) is 12.1 Å². The molecule has 0 aromatic heterocycles. The lowest BCUT2D eigenvalue weighted by Gasteiger charge is -2.20. The van der Waals surface area contributed by atoms with Gasteiger partial charge in [0.2, 0.25) is 0 Å². The number of hydrogen-bond acceptors (Lipinski definition) is 1. The third-order valence-corrected chi connectivity index (χ3v) is 3.86. The van der Waals surface area contributed by atoms with Gasteiger partial charge in [-0.3, -0.25) is 0 Å². The Hall–Kier alpha value is -0.960. The summed E-state index contributed by atoms with van der Waals surface area (Å²) in [6.07, 6.45) is 4.04. The van der Waals surface area contributed by atoms with Crippen molar-refractivity contribution in [3.05, 3.63) is 34.9 Å². The number of rotatable bonds is 1. The van der Waals surface area contributed by atoms with Crippen LogP contribution in [0.3, 0.4) is 0 Å². The van der Waals surface area contributed by atoms with Crippen molar-refractivity contribution in [3.63, 3.8) is 0 Å². The minimum absolute atomic E-state index is 0.248. The molecule has 1 aromatic rings. The smallest absolute Gasteiger partial charge is 0.129 e. The number of halogens is 2. The van der Waals surface area contributed by atoms with E-state index in [1.165, 1.54) is 12.5 Å². The van der Waals surface area contributed by atoms with E-state index in [1.54, 1.807) is 0 Å². The van der Waals surface area contributed by atoms with Crippen molar-refractivity contribution in [2.75, 3.05) is 6.54 Å². The lowest BCUT2D eigenvalue weighted by Crippen LogP contribution is -2.28. The summed E-state index contributed by atoms with van der Waals surface area (Å²) in [5.41, 5.74) is 1.64. The van der Waals surface area contributed by atoms with Crippen molar-refractivity contribution in [1.29, 1.82) is 0 Å². The maximum atomic E-state index is 13.8. The number of benzene rings is 1. The lowest BCUT2D eigenvalue weighted by atomic mass is 9.92. The molecular weight excluding hydrogens is 208 g/mol. The van der Waals surface area contributed by atoms with Crippen molar-refractivity contribution < 1.29 is 8.78 Å². The average Bonchev–Trinajstić information content (AvgIpc) is 2.82. The van der Waals surface area contributed by atoms with Crippen molar-refractivity contribution in [2.24, 2.45) is 0 Å². The van der Waals surface area contributed by atoms with Crippen LogP contribution in [0.1, 0.15) is 36.3 Å². The molecule has 1 nitrogen and oxygen atoms in total. The highest BCUT2D eigenvalue weighted by Gasteiger charge is 2.33. The van der Waals surface area contributed by atoms with E-state index in [-0.39, 0.29) is 11.7 Å². The quantitative estimate of drug-likeness (QED) is 0.772. The van der Waals surface area contributed by atoms with Gasteiger partial charge in [-0.2, -0.15) is 0 Å². The van der Waals surface area contributed by atoms with Crippen molar-refractivity contribution in [2.45, 2.75) is 37.6 Å². The van der Waals surface area contributed by atoms with E-state index in [4.69, 9.17) is 0 Å². The second-order valence-corrected chi connectivity index (χ2v) is 4.81. The van der Waals surface area contributed by atoms with Crippen LogP contribution < -0.4 is 5.32 Å². The highest BCUT2D eigenvalue weighted by atomic mass is 19.1. The van der Waals surface area contributed by atoms with Crippen LogP contribution in [-0.4, -0.2) is 12.6 Å². The molecule has 0 amide bonds. The number of aryl methyl sites for hydroxylation is 1. The third kappa shape index (κ3) is 1.54. The van der Waals surface area contributed by atoms with Gasteiger partial charge in [0.25, 0.3) is 0 Å². The van der Waals surface area contributed by atoms with Gasteiger partial charge in [0, 0.05) is 18.0 Å². The van der Waals surface area contributed by atoms with Crippen molar-refractivity contribution >= 4 is 0 Å². The van der Waals surface area contributed by atoms with Crippen LogP contribution in [0.25, 0.3) is 0 Å². The Morgan fingerprint density at radius 2 is 2.06 bits per heavy atom. The fraction of sp³-hybridized carbons (Fsp3) is 0.538. The maximum Gasteiger partial charge on any atom is 0.129 e. The molecule has 1 aromatic carbocycles. The fourth-order valence-electron chi connectivity index (χ4n) is 3.17. The first-order valence-electron chi connectivity index (χ1n) is 5.97. The third-order valence-electron chi connectivity index (χ3n) is 3.86. The summed E-state index contributed by atoms with van der Waals surface area (Å²) in [6, 6.07) is 2.90. The van der Waals surface area contributed by atoms with Gasteiger partial charge in [-0.25, -0.2) is 8.78 Å². The molecule has 1 aliphatic heterocycles. The Kier molecular flexibility index (Phi) is 2.43. The summed E-state index contributed by atoms with van der Waals surface area (Å²) in [5.74, 6) is -0.555. The Morgan fingerprint density at radius 3 is 2.81 bits per heavy atom. The van der Waals surface area contributed by atoms with Crippen LogP contribution in [0, 0.1) is 11.6 Å². The van der Waals surface area contributed by atoms with Gasteiger partial charge in [0.1, 0.15) is 11.6 Å². The molecule has 0 radical (unpaired) electrons. The molecule has 1 heterocycles. The molecule has 1 aliphatic carbocycles. The molecule has 0 saturated carbocycles. The summed E-state index contributed by atoms with van der Waals surface area (Å²) < 4.78 is 26.9. The second-order valence-electron chi connectivity index (χ2n) is 4.81. The Labute approximate surface area is 93.9 Å². The Bertz CT molecular complexity index is 411. The summed E-state index contributed by atoms with van der Waals surface area (Å²) in [5, 5.41) is 3.42. The van der Waals surface area contributed by atoms with Gasteiger partial charge in [0.15, 0.2) is 0 Å². The van der Waals surface area contributed by atoms with Crippen LogP contribution in [0.4, 0.5) is 8.78 Å². The predicted octanol–water partition coefficient (Wildman–Crippen LogP) is 2.75. The van der Waals surface area contributed by atoms with E-state index >= 15 is 0 Å². The summed E-state index contributed by atoms with van der Waals surface area (Å²) in [6.45, 7) is 1.03. The summed E-state index contributed by atoms with van der Waals surface area (Å²) in [7, 11) is 0. The molecule has 3 heteroatoms. The molecule has 86 valence electrons. The first kappa shape index (κ1) is 10.2. The molecule has 1 fully saturated rings. The summed E-state index contributed by atoms with van der Waals surface area (Å²) >= 11 is 0. The van der Waals surface area contributed by atoms with E-state index in [9.17, 15) is 8.78 Å². The van der Waals surface area contributed by atoms with Gasteiger partial charge in [0.05, 0.1) is 0 Å². The van der Waals surface area contributed by atoms with E-state index in [0.29, 0.717) is 6.04 Å². The molecule has 1 N–H and O–H groups in total. The first-order chi connectivity index (χ1) is 7.75. The van der Waals surface area contributed by atoms with E-state index in [0.717, 1.165) is 43.0 Å². The Balaban J connectivity index is 1.98. The zero-order valence-corrected chi connectivity index (χ0v) is 9.10. The topological polar surface area (TPSA) is 12.0 Å². The largest absolute Gasteiger partial charge is 0.313 e. The van der Waals surface area contributed by atoms with Gasteiger partial charge in [-0.1, -0.05) is 0 Å². The van der Waals surface area contributed by atoms with Crippen LogP contribution in [0.2, 0.25) is 0 Å². The van der Waals surface area contributed by atoms with Crippen LogP contribution in [0.5, 0.6) is 0 Å². The molecule has 2 atom stereocenters. The van der Waals surface area contributed by atoms with Gasteiger partial charge < -0.3 is 5.32 Å². The SMILES string of the molecule is Fc1cc(F)c2c(c1)CC[C@@H]2[C@@H]1CCCN1. The number of hydrogen-bond donors (Lipinski definition) is 1. The summed E-state index contributed by atoms with van der Waals surface area (Å²) in [4.78, 5) is 0. The van der Waals surface area contributed by atoms with Crippen LogP contribution >= 0.6 is 0 Å². The van der Waals surface area contributed by atoms with Gasteiger partial charge >= 0.3 is 0 Å². The highest BCUT2D eigenvalue weighted by molar-refractivity contribution is 5.38. The van der Waals surface area contributed by atoms with Gasteiger partial charge in [-0.15, -0.1) is 0 Å². The van der Waals surface area contributed by atoms with E-state index in [2.05, 4.69) is 5.32 Å². The zero-order chi connectivity index (χ0) is 11.1. The van der Waals surface area contributed by atoms with Crippen molar-refractivity contribution in [3.8, 4) is 0 Å². The molecule has 3 rings (SSSR count). The molecular formula is C13H15F2N. The number of fused-ring (bicyclic) bond motifs is 1. The average molecular weight is 223 g/mol. The fourth-order valence-corrected chi connectivity index (χ4v) is 3.17. The molecule has 2 aliphatic rings. The van der Waals surface area contributed by atoms with Crippen molar-refractivity contribution in [1.82, 2.24) is 5.32 Å². The number of nitrogens with one attached hydrogen (secondary N) is 1. The Morgan fingerprint density at radius 1 is 1.19 bits per heavy atom. The minimum Gasteiger partial charge on any atom is -0.313 e. The standard InChI is InChI=1S/C13H15F2N/c14-9-6-8-3-4-10(12-2-1-5-16-12)13(8)11(15)7-9/h6-7,10,12,16H,1-5H2/t10-,12+/m1/s1. The normalized spacial score (nSPS) is 28.4. The highest BCUT2D eigenvalue weighted by Crippen LogP contribution is 2.39. The van der Waals surface area contributed by atoms with Crippen LogP contribution in [-0.2, 0) is 6.42 Å². The van der Waals surface area contributed by atoms with Gasteiger partial charge in [-0.05, 0) is 49.4 Å². The second kappa shape index (κ2) is 3.81. The molecule has 0 bridgehead atoms. The molecule has 1 saturated heterocycles. The maximum absolute atomic E-state index is 13.8. The predicted molar refractivity (Wildman–Crippen MR) is 58.4 cm³/mol. The first-order valence-corrected chi connectivity index (χ1v) is 5.97. The molecule has 0 unspecified atom stereocenters. The van der Waals surface area contributed by atoms with E-state index < -0.39 is 5.82 Å².